The second-order valence-corrected chi connectivity index (χ2v) is 3.49. The number of hydrogen-bond donors (Lipinski definition) is 1. The van der Waals surface area contributed by atoms with Crippen molar-refractivity contribution in [3.05, 3.63) is 35.9 Å². The molecule has 0 heterocycles. The van der Waals surface area contributed by atoms with E-state index in [2.05, 4.69) is 12.1 Å². The minimum absolute atomic E-state index is 0.210. The predicted molar refractivity (Wildman–Crippen MR) is 54.7 cm³/mol. The number of rotatable bonds is 4. The predicted octanol–water partition coefficient (Wildman–Crippen LogP) is 1.15. The van der Waals surface area contributed by atoms with Crippen LogP contribution in [0.4, 0.5) is 0 Å². The van der Waals surface area contributed by atoms with E-state index in [0.29, 0.717) is 0 Å². The first-order valence-corrected chi connectivity index (χ1v) is 4.55. The Labute approximate surface area is 79.8 Å². The first kappa shape index (κ1) is 10.2. The van der Waals surface area contributed by atoms with E-state index >= 15 is 0 Å². The summed E-state index contributed by atoms with van der Waals surface area (Å²) in [6, 6.07) is 10.5. The topological polar surface area (TPSA) is 23.5 Å². The molecular weight excluding hydrogens is 162 g/mol. The van der Waals surface area contributed by atoms with Crippen molar-refractivity contribution in [2.24, 2.45) is 0 Å². The Hall–Kier alpha value is -0.860. The van der Waals surface area contributed by atoms with Gasteiger partial charge in [-0.2, -0.15) is 0 Å². The SMILES string of the molecule is CN(C)[C@@H](CO)Cc1ccccc1. The molecule has 0 aliphatic carbocycles. The molecule has 0 aliphatic rings. The van der Waals surface area contributed by atoms with Crippen LogP contribution in [-0.2, 0) is 6.42 Å². The molecule has 0 fully saturated rings. The molecule has 1 aromatic rings. The van der Waals surface area contributed by atoms with Gasteiger partial charge in [-0.05, 0) is 26.1 Å². The van der Waals surface area contributed by atoms with Gasteiger partial charge in [0.25, 0.3) is 0 Å². The molecule has 1 aromatic carbocycles. The summed E-state index contributed by atoms with van der Waals surface area (Å²) in [5.41, 5.74) is 1.27. The van der Waals surface area contributed by atoms with Crippen LogP contribution in [0, 0.1) is 0 Å². The maximum absolute atomic E-state index is 9.12. The third-order valence-corrected chi connectivity index (χ3v) is 2.26. The van der Waals surface area contributed by atoms with Crippen LogP contribution in [0.15, 0.2) is 30.3 Å². The number of likely N-dealkylation sites (N-methyl/N-ethyl adjacent to an activating group) is 1. The fraction of sp³-hybridized carbons (Fsp3) is 0.455. The first-order valence-electron chi connectivity index (χ1n) is 4.55. The maximum Gasteiger partial charge on any atom is 0.0589 e. The van der Waals surface area contributed by atoms with Gasteiger partial charge in [0.2, 0.25) is 0 Å². The summed E-state index contributed by atoms with van der Waals surface area (Å²) in [5, 5.41) is 9.12. The Kier molecular flexibility index (Phi) is 3.93. The van der Waals surface area contributed by atoms with Gasteiger partial charge in [0, 0.05) is 6.04 Å². The number of aliphatic hydroxyl groups is 1. The zero-order valence-corrected chi connectivity index (χ0v) is 8.27. The molecule has 0 unspecified atom stereocenters. The molecule has 0 aromatic heterocycles. The van der Waals surface area contributed by atoms with E-state index in [4.69, 9.17) is 5.11 Å². The summed E-state index contributed by atoms with van der Waals surface area (Å²) in [4.78, 5) is 2.05. The van der Waals surface area contributed by atoms with Gasteiger partial charge in [0.05, 0.1) is 6.61 Å². The third-order valence-electron chi connectivity index (χ3n) is 2.26. The largest absolute Gasteiger partial charge is 0.395 e. The van der Waals surface area contributed by atoms with Crippen molar-refractivity contribution < 1.29 is 5.11 Å². The molecule has 2 nitrogen and oxygen atoms in total. The molecule has 13 heavy (non-hydrogen) atoms. The Morgan fingerprint density at radius 1 is 1.23 bits per heavy atom. The third kappa shape index (κ3) is 3.17. The molecule has 1 atom stereocenters. The van der Waals surface area contributed by atoms with Crippen molar-refractivity contribution in [2.75, 3.05) is 20.7 Å². The van der Waals surface area contributed by atoms with Crippen molar-refractivity contribution >= 4 is 0 Å². The molecule has 0 bridgehead atoms. The summed E-state index contributed by atoms with van der Waals surface area (Å²) in [5.74, 6) is 0. The molecule has 1 N–H and O–H groups in total. The normalized spacial score (nSPS) is 13.2. The summed E-state index contributed by atoms with van der Waals surface area (Å²) in [6.07, 6.45) is 0.907. The van der Waals surface area contributed by atoms with Gasteiger partial charge in [0.1, 0.15) is 0 Å². The quantitative estimate of drug-likeness (QED) is 0.749. The standard InChI is InChI=1S/C11H17NO/c1-12(2)11(9-13)8-10-6-4-3-5-7-10/h3-7,11,13H,8-9H2,1-2H3/t11-/m1/s1. The molecule has 72 valence electrons. The van der Waals surface area contributed by atoms with Crippen LogP contribution in [0.3, 0.4) is 0 Å². The van der Waals surface area contributed by atoms with E-state index < -0.39 is 0 Å². The van der Waals surface area contributed by atoms with Crippen LogP contribution in [0.1, 0.15) is 5.56 Å². The van der Waals surface area contributed by atoms with Crippen molar-refractivity contribution in [3.8, 4) is 0 Å². The number of nitrogens with zero attached hydrogens (tertiary/aromatic N) is 1. The molecule has 0 amide bonds. The maximum atomic E-state index is 9.12. The molecule has 0 saturated heterocycles. The van der Waals surface area contributed by atoms with Crippen LogP contribution in [-0.4, -0.2) is 36.8 Å². The van der Waals surface area contributed by atoms with E-state index in [1.807, 2.05) is 37.2 Å². The summed E-state index contributed by atoms with van der Waals surface area (Å²) < 4.78 is 0. The van der Waals surface area contributed by atoms with Crippen LogP contribution >= 0.6 is 0 Å². The average molecular weight is 179 g/mol. The molecular formula is C11H17NO. The second-order valence-electron chi connectivity index (χ2n) is 3.49. The van der Waals surface area contributed by atoms with Gasteiger partial charge in [-0.1, -0.05) is 30.3 Å². The van der Waals surface area contributed by atoms with Gasteiger partial charge in [-0.25, -0.2) is 0 Å². The lowest BCUT2D eigenvalue weighted by molar-refractivity contribution is 0.169. The highest BCUT2D eigenvalue weighted by Crippen LogP contribution is 2.05. The van der Waals surface area contributed by atoms with Crippen LogP contribution in [0.25, 0.3) is 0 Å². The van der Waals surface area contributed by atoms with Gasteiger partial charge >= 0.3 is 0 Å². The Balaban J connectivity index is 2.57. The molecule has 0 aliphatic heterocycles. The van der Waals surface area contributed by atoms with Gasteiger partial charge in [0.15, 0.2) is 0 Å². The Morgan fingerprint density at radius 2 is 1.85 bits per heavy atom. The van der Waals surface area contributed by atoms with E-state index in [9.17, 15) is 0 Å². The Morgan fingerprint density at radius 3 is 2.31 bits per heavy atom. The van der Waals surface area contributed by atoms with Crippen molar-refractivity contribution in [1.82, 2.24) is 4.90 Å². The number of benzene rings is 1. The zero-order chi connectivity index (χ0) is 9.68. The van der Waals surface area contributed by atoms with Crippen molar-refractivity contribution in [2.45, 2.75) is 12.5 Å². The highest BCUT2D eigenvalue weighted by atomic mass is 16.3. The summed E-state index contributed by atoms with van der Waals surface area (Å²) in [6.45, 7) is 0.210. The molecule has 0 radical (unpaired) electrons. The minimum Gasteiger partial charge on any atom is -0.395 e. The van der Waals surface area contributed by atoms with Crippen LogP contribution in [0.2, 0.25) is 0 Å². The fourth-order valence-corrected chi connectivity index (χ4v) is 1.30. The minimum atomic E-state index is 0.210. The van der Waals surface area contributed by atoms with Crippen molar-refractivity contribution in [1.29, 1.82) is 0 Å². The monoisotopic (exact) mass is 179 g/mol. The molecule has 1 rings (SSSR count). The van der Waals surface area contributed by atoms with Crippen LogP contribution < -0.4 is 0 Å². The van der Waals surface area contributed by atoms with Gasteiger partial charge in [-0.3, -0.25) is 0 Å². The highest BCUT2D eigenvalue weighted by Gasteiger charge is 2.09. The van der Waals surface area contributed by atoms with Crippen molar-refractivity contribution in [3.63, 3.8) is 0 Å². The first-order chi connectivity index (χ1) is 6.24. The smallest absolute Gasteiger partial charge is 0.0589 e. The summed E-state index contributed by atoms with van der Waals surface area (Å²) >= 11 is 0. The fourth-order valence-electron chi connectivity index (χ4n) is 1.30. The highest BCUT2D eigenvalue weighted by molar-refractivity contribution is 5.15. The van der Waals surface area contributed by atoms with E-state index in [1.54, 1.807) is 0 Å². The zero-order valence-electron chi connectivity index (χ0n) is 8.27. The second kappa shape index (κ2) is 5.00. The number of hydrogen-bond acceptors (Lipinski definition) is 2. The molecule has 2 heteroatoms. The average Bonchev–Trinajstić information content (AvgIpc) is 2.15. The van der Waals surface area contributed by atoms with E-state index in [-0.39, 0.29) is 12.6 Å². The molecule has 0 spiro atoms. The van der Waals surface area contributed by atoms with E-state index in [1.165, 1.54) is 5.56 Å². The van der Waals surface area contributed by atoms with E-state index in [0.717, 1.165) is 6.42 Å². The van der Waals surface area contributed by atoms with Crippen LogP contribution in [0.5, 0.6) is 0 Å². The van der Waals surface area contributed by atoms with Gasteiger partial charge in [-0.15, -0.1) is 0 Å². The lowest BCUT2D eigenvalue weighted by Crippen LogP contribution is -2.33. The summed E-state index contributed by atoms with van der Waals surface area (Å²) in [7, 11) is 3.98. The number of aliphatic hydroxyl groups excluding tert-OH is 1. The Bertz CT molecular complexity index is 233. The lowest BCUT2D eigenvalue weighted by atomic mass is 10.1. The lowest BCUT2D eigenvalue weighted by Gasteiger charge is -2.21. The van der Waals surface area contributed by atoms with Gasteiger partial charge < -0.3 is 10.0 Å². The molecule has 0 saturated carbocycles.